The smallest absolute Gasteiger partial charge is 0.250 e. The summed E-state index contributed by atoms with van der Waals surface area (Å²) in [5, 5.41) is 0. The molecule has 0 radical (unpaired) electrons. The standard InChI is InChI=1S/C13H13N3O2/c14-11-3-1-2-9(4-11)8-18-12-5-10(13(15)17)6-16-7-12/h1-7H,8,14H2,(H2,15,17). The summed E-state index contributed by atoms with van der Waals surface area (Å²) in [5.74, 6) is -0.0365. The Morgan fingerprint density at radius 1 is 1.28 bits per heavy atom. The number of primary amides is 1. The highest BCUT2D eigenvalue weighted by Crippen LogP contribution is 2.14. The van der Waals surface area contributed by atoms with Gasteiger partial charge in [-0.2, -0.15) is 0 Å². The van der Waals surface area contributed by atoms with E-state index in [1.807, 2.05) is 18.2 Å². The Bertz CT molecular complexity index is 570. The topological polar surface area (TPSA) is 91.2 Å². The van der Waals surface area contributed by atoms with Gasteiger partial charge in [0.25, 0.3) is 0 Å². The van der Waals surface area contributed by atoms with Gasteiger partial charge in [0.1, 0.15) is 12.4 Å². The summed E-state index contributed by atoms with van der Waals surface area (Å²) in [4.78, 5) is 14.9. The third-order valence-corrected chi connectivity index (χ3v) is 2.35. The van der Waals surface area contributed by atoms with Gasteiger partial charge in [0.2, 0.25) is 5.91 Å². The van der Waals surface area contributed by atoms with Crippen LogP contribution < -0.4 is 16.2 Å². The summed E-state index contributed by atoms with van der Waals surface area (Å²) in [5.41, 5.74) is 12.8. The lowest BCUT2D eigenvalue weighted by Crippen LogP contribution is -2.11. The van der Waals surface area contributed by atoms with E-state index in [9.17, 15) is 4.79 Å². The number of ether oxygens (including phenoxy) is 1. The Hall–Kier alpha value is -2.56. The first-order chi connectivity index (χ1) is 8.65. The van der Waals surface area contributed by atoms with Crippen molar-refractivity contribution in [3.63, 3.8) is 0 Å². The van der Waals surface area contributed by atoms with E-state index in [1.54, 1.807) is 12.1 Å². The number of aromatic nitrogens is 1. The number of carbonyl (C=O) groups is 1. The second-order valence-electron chi connectivity index (χ2n) is 3.81. The number of carbonyl (C=O) groups excluding carboxylic acids is 1. The molecule has 0 aliphatic heterocycles. The van der Waals surface area contributed by atoms with E-state index in [0.29, 0.717) is 23.6 Å². The van der Waals surface area contributed by atoms with Gasteiger partial charge < -0.3 is 16.2 Å². The van der Waals surface area contributed by atoms with Gasteiger partial charge in [-0.05, 0) is 23.8 Å². The Labute approximate surface area is 104 Å². The fraction of sp³-hybridized carbons (Fsp3) is 0.0769. The van der Waals surface area contributed by atoms with Crippen LogP contribution in [0.2, 0.25) is 0 Å². The number of nitrogens with zero attached hydrogens (tertiary/aromatic N) is 1. The van der Waals surface area contributed by atoms with Crippen LogP contribution in [0.25, 0.3) is 0 Å². The lowest BCUT2D eigenvalue weighted by molar-refractivity contribution is 0.0999. The highest BCUT2D eigenvalue weighted by atomic mass is 16.5. The number of hydrogen-bond donors (Lipinski definition) is 2. The molecule has 0 fully saturated rings. The van der Waals surface area contributed by atoms with E-state index < -0.39 is 5.91 Å². The molecule has 2 rings (SSSR count). The van der Waals surface area contributed by atoms with Crippen molar-refractivity contribution >= 4 is 11.6 Å². The van der Waals surface area contributed by atoms with Gasteiger partial charge in [0.05, 0.1) is 11.8 Å². The van der Waals surface area contributed by atoms with Crippen molar-refractivity contribution in [2.45, 2.75) is 6.61 Å². The summed E-state index contributed by atoms with van der Waals surface area (Å²) in [6.45, 7) is 0.356. The monoisotopic (exact) mass is 243 g/mol. The zero-order chi connectivity index (χ0) is 13.0. The third kappa shape index (κ3) is 2.98. The molecule has 0 spiro atoms. The van der Waals surface area contributed by atoms with Crippen molar-refractivity contribution in [1.29, 1.82) is 0 Å². The SMILES string of the molecule is NC(=O)c1cncc(OCc2cccc(N)c2)c1. The first-order valence-corrected chi connectivity index (χ1v) is 5.37. The normalized spacial score (nSPS) is 10.0. The number of nitrogen functional groups attached to an aromatic ring is 1. The van der Waals surface area contributed by atoms with Gasteiger partial charge in [-0.25, -0.2) is 0 Å². The van der Waals surface area contributed by atoms with Gasteiger partial charge in [-0.3, -0.25) is 9.78 Å². The van der Waals surface area contributed by atoms with E-state index in [4.69, 9.17) is 16.2 Å². The quantitative estimate of drug-likeness (QED) is 0.793. The third-order valence-electron chi connectivity index (χ3n) is 2.35. The molecule has 92 valence electrons. The van der Waals surface area contributed by atoms with Gasteiger partial charge in [-0.1, -0.05) is 12.1 Å². The first kappa shape index (κ1) is 11.9. The fourth-order valence-corrected chi connectivity index (χ4v) is 1.48. The molecule has 0 aliphatic carbocycles. The largest absolute Gasteiger partial charge is 0.487 e. The van der Waals surface area contributed by atoms with Crippen molar-refractivity contribution in [3.8, 4) is 5.75 Å². The second-order valence-corrected chi connectivity index (χ2v) is 3.81. The van der Waals surface area contributed by atoms with Crippen molar-refractivity contribution in [3.05, 3.63) is 53.9 Å². The number of pyridine rings is 1. The summed E-state index contributed by atoms with van der Waals surface area (Å²) >= 11 is 0. The molecule has 1 aromatic carbocycles. The molecule has 0 bridgehead atoms. The number of nitrogens with two attached hydrogens (primary N) is 2. The average molecular weight is 243 g/mol. The predicted octanol–water partition coefficient (Wildman–Crippen LogP) is 1.34. The van der Waals surface area contributed by atoms with Crippen LogP contribution in [0, 0.1) is 0 Å². The maximum Gasteiger partial charge on any atom is 0.250 e. The zero-order valence-electron chi connectivity index (χ0n) is 9.67. The van der Waals surface area contributed by atoms with Gasteiger partial charge in [0, 0.05) is 11.9 Å². The molecule has 1 aromatic heterocycles. The van der Waals surface area contributed by atoms with E-state index >= 15 is 0 Å². The predicted molar refractivity (Wildman–Crippen MR) is 67.9 cm³/mol. The maximum absolute atomic E-state index is 11.0. The van der Waals surface area contributed by atoms with Crippen LogP contribution in [0.4, 0.5) is 5.69 Å². The van der Waals surface area contributed by atoms with Crippen LogP contribution in [-0.4, -0.2) is 10.9 Å². The molecule has 5 heteroatoms. The average Bonchev–Trinajstić information content (AvgIpc) is 2.37. The van der Waals surface area contributed by atoms with Crippen LogP contribution in [0.3, 0.4) is 0 Å². The molecule has 1 amide bonds. The van der Waals surface area contributed by atoms with E-state index in [1.165, 1.54) is 12.4 Å². The van der Waals surface area contributed by atoms with Crippen LogP contribution in [0.1, 0.15) is 15.9 Å². The highest BCUT2D eigenvalue weighted by Gasteiger charge is 2.03. The van der Waals surface area contributed by atoms with Crippen molar-refractivity contribution in [2.24, 2.45) is 5.73 Å². The number of hydrogen-bond acceptors (Lipinski definition) is 4. The Balaban J connectivity index is 2.06. The Kier molecular flexibility index (Phi) is 3.43. The molecular weight excluding hydrogens is 230 g/mol. The van der Waals surface area contributed by atoms with E-state index in [-0.39, 0.29) is 0 Å². The van der Waals surface area contributed by atoms with Gasteiger partial charge in [0.15, 0.2) is 0 Å². The van der Waals surface area contributed by atoms with Crippen molar-refractivity contribution in [1.82, 2.24) is 4.98 Å². The molecular formula is C13H13N3O2. The molecule has 2 aromatic rings. The maximum atomic E-state index is 11.0. The highest BCUT2D eigenvalue weighted by molar-refractivity contribution is 5.92. The summed E-state index contributed by atoms with van der Waals surface area (Å²) in [7, 11) is 0. The molecule has 0 aliphatic rings. The Morgan fingerprint density at radius 3 is 2.83 bits per heavy atom. The molecule has 5 nitrogen and oxygen atoms in total. The van der Waals surface area contributed by atoms with E-state index in [0.717, 1.165) is 5.56 Å². The first-order valence-electron chi connectivity index (χ1n) is 5.37. The summed E-state index contributed by atoms with van der Waals surface area (Å²) in [6, 6.07) is 8.94. The summed E-state index contributed by atoms with van der Waals surface area (Å²) in [6.07, 6.45) is 2.93. The van der Waals surface area contributed by atoms with Gasteiger partial charge >= 0.3 is 0 Å². The van der Waals surface area contributed by atoms with E-state index in [2.05, 4.69) is 4.98 Å². The minimum absolute atomic E-state index is 0.320. The minimum atomic E-state index is -0.531. The van der Waals surface area contributed by atoms with Crippen LogP contribution in [-0.2, 0) is 6.61 Å². The Morgan fingerprint density at radius 2 is 2.11 bits per heavy atom. The molecule has 0 atom stereocenters. The van der Waals surface area contributed by atoms with Crippen molar-refractivity contribution in [2.75, 3.05) is 5.73 Å². The number of rotatable bonds is 4. The number of benzene rings is 1. The molecule has 4 N–H and O–H groups in total. The van der Waals surface area contributed by atoms with Crippen molar-refractivity contribution < 1.29 is 9.53 Å². The molecule has 0 saturated carbocycles. The van der Waals surface area contributed by atoms with Crippen LogP contribution in [0.15, 0.2) is 42.7 Å². The van der Waals surface area contributed by atoms with Crippen LogP contribution in [0.5, 0.6) is 5.75 Å². The molecule has 0 unspecified atom stereocenters. The lowest BCUT2D eigenvalue weighted by atomic mass is 10.2. The minimum Gasteiger partial charge on any atom is -0.487 e. The molecule has 18 heavy (non-hydrogen) atoms. The molecule has 0 saturated heterocycles. The number of anilines is 1. The number of amides is 1. The molecule has 1 heterocycles. The fourth-order valence-electron chi connectivity index (χ4n) is 1.48. The second kappa shape index (κ2) is 5.18. The zero-order valence-corrected chi connectivity index (χ0v) is 9.67. The van der Waals surface area contributed by atoms with Crippen LogP contribution >= 0.6 is 0 Å². The lowest BCUT2D eigenvalue weighted by Gasteiger charge is -2.07. The summed E-state index contributed by atoms with van der Waals surface area (Å²) < 4.78 is 5.51. The van der Waals surface area contributed by atoms with Gasteiger partial charge in [-0.15, -0.1) is 0 Å².